The van der Waals surface area contributed by atoms with Crippen molar-refractivity contribution in [1.82, 2.24) is 0 Å². The van der Waals surface area contributed by atoms with Crippen LogP contribution in [0.15, 0.2) is 18.2 Å². The highest BCUT2D eigenvalue weighted by atomic mass is 16.5. The van der Waals surface area contributed by atoms with E-state index in [2.05, 4.69) is 26.1 Å². The Balaban J connectivity index is 1.88. The molecule has 0 spiro atoms. The first-order valence-corrected chi connectivity index (χ1v) is 7.15. The molecule has 110 valence electrons. The summed E-state index contributed by atoms with van der Waals surface area (Å²) in [6.07, 6.45) is 2.09. The van der Waals surface area contributed by atoms with Gasteiger partial charge in [0.2, 0.25) is 5.91 Å². The van der Waals surface area contributed by atoms with Gasteiger partial charge in [-0.2, -0.15) is 0 Å². The molecule has 1 aromatic carbocycles. The number of nitrogens with one attached hydrogen (secondary N) is 1. The van der Waals surface area contributed by atoms with E-state index in [9.17, 15) is 4.79 Å². The third kappa shape index (κ3) is 4.23. The van der Waals surface area contributed by atoms with Gasteiger partial charge in [0.15, 0.2) is 0 Å². The van der Waals surface area contributed by atoms with Gasteiger partial charge in [-0.1, -0.05) is 20.8 Å². The van der Waals surface area contributed by atoms with Crippen LogP contribution in [-0.4, -0.2) is 18.6 Å². The van der Waals surface area contributed by atoms with Crippen molar-refractivity contribution in [1.29, 1.82) is 0 Å². The summed E-state index contributed by atoms with van der Waals surface area (Å²) in [5.41, 5.74) is 8.14. The van der Waals surface area contributed by atoms with Gasteiger partial charge in [-0.05, 0) is 35.6 Å². The maximum Gasteiger partial charge on any atom is 0.225 e. The van der Waals surface area contributed by atoms with E-state index in [1.54, 1.807) is 0 Å². The maximum atomic E-state index is 12.0. The van der Waals surface area contributed by atoms with Crippen LogP contribution in [0.2, 0.25) is 0 Å². The van der Waals surface area contributed by atoms with Crippen LogP contribution in [0.1, 0.15) is 39.2 Å². The summed E-state index contributed by atoms with van der Waals surface area (Å²) >= 11 is 0. The number of benzene rings is 1. The Labute approximate surface area is 120 Å². The first kappa shape index (κ1) is 14.9. The summed E-state index contributed by atoms with van der Waals surface area (Å²) in [6.45, 7) is 7.12. The molecule has 20 heavy (non-hydrogen) atoms. The Bertz CT molecular complexity index is 492. The number of carbonyl (C=O) groups is 1. The maximum absolute atomic E-state index is 12.0. The molecule has 0 aromatic heterocycles. The quantitative estimate of drug-likeness (QED) is 0.888. The number of anilines is 1. The SMILES string of the molecule is CC(C)(C)CC(N)CC(=O)Nc1ccc2c(c1)CCO2. The van der Waals surface area contributed by atoms with Crippen molar-refractivity contribution in [3.05, 3.63) is 23.8 Å². The molecule has 4 nitrogen and oxygen atoms in total. The van der Waals surface area contributed by atoms with E-state index in [1.165, 1.54) is 0 Å². The number of rotatable bonds is 4. The molecular weight excluding hydrogens is 252 g/mol. The fourth-order valence-electron chi connectivity index (χ4n) is 2.57. The van der Waals surface area contributed by atoms with Crippen molar-refractivity contribution in [2.24, 2.45) is 11.1 Å². The average molecular weight is 276 g/mol. The number of carbonyl (C=O) groups excluding carboxylic acids is 1. The summed E-state index contributed by atoms with van der Waals surface area (Å²) in [5, 5.41) is 2.91. The van der Waals surface area contributed by atoms with Crippen molar-refractivity contribution in [3.8, 4) is 5.75 Å². The summed E-state index contributed by atoms with van der Waals surface area (Å²) in [6, 6.07) is 5.66. The lowest BCUT2D eigenvalue weighted by molar-refractivity contribution is -0.116. The molecule has 0 saturated carbocycles. The molecule has 1 atom stereocenters. The first-order valence-electron chi connectivity index (χ1n) is 7.15. The Morgan fingerprint density at radius 2 is 2.20 bits per heavy atom. The molecule has 1 amide bonds. The molecule has 3 N–H and O–H groups in total. The molecule has 0 bridgehead atoms. The lowest BCUT2D eigenvalue weighted by atomic mass is 9.87. The predicted octanol–water partition coefficient (Wildman–Crippen LogP) is 2.71. The molecule has 1 aliphatic heterocycles. The van der Waals surface area contributed by atoms with E-state index in [0.29, 0.717) is 6.42 Å². The second-order valence-corrected chi connectivity index (χ2v) is 6.70. The van der Waals surface area contributed by atoms with Crippen LogP contribution in [0.3, 0.4) is 0 Å². The standard InChI is InChI=1S/C16H24N2O2/c1-16(2,3)10-12(17)9-15(19)18-13-4-5-14-11(8-13)6-7-20-14/h4-5,8,12H,6-7,9-10,17H2,1-3H3,(H,18,19). The van der Waals surface area contributed by atoms with E-state index in [-0.39, 0.29) is 17.4 Å². The van der Waals surface area contributed by atoms with Gasteiger partial charge in [0, 0.05) is 24.6 Å². The second-order valence-electron chi connectivity index (χ2n) is 6.70. The molecule has 4 heteroatoms. The normalized spacial score (nSPS) is 15.4. The van der Waals surface area contributed by atoms with Crippen LogP contribution in [0.4, 0.5) is 5.69 Å². The zero-order valence-corrected chi connectivity index (χ0v) is 12.5. The third-order valence-corrected chi connectivity index (χ3v) is 3.30. The molecule has 1 aliphatic rings. The molecule has 2 rings (SSSR count). The van der Waals surface area contributed by atoms with Gasteiger partial charge in [0.05, 0.1) is 6.61 Å². The van der Waals surface area contributed by atoms with Gasteiger partial charge in [0.25, 0.3) is 0 Å². The smallest absolute Gasteiger partial charge is 0.225 e. The van der Waals surface area contributed by atoms with E-state index >= 15 is 0 Å². The number of fused-ring (bicyclic) bond motifs is 1. The van der Waals surface area contributed by atoms with Crippen molar-refractivity contribution in [3.63, 3.8) is 0 Å². The zero-order valence-electron chi connectivity index (χ0n) is 12.5. The highest BCUT2D eigenvalue weighted by Gasteiger charge is 2.18. The molecule has 0 radical (unpaired) electrons. The summed E-state index contributed by atoms with van der Waals surface area (Å²) < 4.78 is 5.45. The van der Waals surface area contributed by atoms with Gasteiger partial charge < -0.3 is 15.8 Å². The van der Waals surface area contributed by atoms with Crippen LogP contribution < -0.4 is 15.8 Å². The molecule has 1 unspecified atom stereocenters. The number of hydrogen-bond acceptors (Lipinski definition) is 3. The average Bonchev–Trinajstić information content (AvgIpc) is 2.72. The monoisotopic (exact) mass is 276 g/mol. The van der Waals surface area contributed by atoms with E-state index in [1.807, 2.05) is 18.2 Å². The second kappa shape index (κ2) is 5.83. The minimum absolute atomic E-state index is 0.0272. The third-order valence-electron chi connectivity index (χ3n) is 3.30. The fourth-order valence-corrected chi connectivity index (χ4v) is 2.57. The van der Waals surface area contributed by atoms with Crippen LogP contribution in [-0.2, 0) is 11.2 Å². The molecule has 0 aliphatic carbocycles. The molecule has 0 fully saturated rings. The Morgan fingerprint density at radius 3 is 2.90 bits per heavy atom. The largest absolute Gasteiger partial charge is 0.493 e. The number of nitrogens with two attached hydrogens (primary N) is 1. The highest BCUT2D eigenvalue weighted by Crippen LogP contribution is 2.28. The van der Waals surface area contributed by atoms with Gasteiger partial charge in [0.1, 0.15) is 5.75 Å². The first-order chi connectivity index (χ1) is 9.33. The highest BCUT2D eigenvalue weighted by molar-refractivity contribution is 5.91. The number of amides is 1. The summed E-state index contributed by atoms with van der Waals surface area (Å²) in [5.74, 6) is 0.896. The van der Waals surface area contributed by atoms with Gasteiger partial charge >= 0.3 is 0 Å². The predicted molar refractivity (Wildman–Crippen MR) is 80.9 cm³/mol. The minimum Gasteiger partial charge on any atom is -0.493 e. The Hall–Kier alpha value is -1.55. The zero-order chi connectivity index (χ0) is 14.8. The van der Waals surface area contributed by atoms with Crippen LogP contribution in [0.5, 0.6) is 5.75 Å². The van der Waals surface area contributed by atoms with E-state index < -0.39 is 0 Å². The molecular formula is C16H24N2O2. The Morgan fingerprint density at radius 1 is 1.45 bits per heavy atom. The van der Waals surface area contributed by atoms with E-state index in [0.717, 1.165) is 36.4 Å². The lowest BCUT2D eigenvalue weighted by Crippen LogP contribution is -2.31. The van der Waals surface area contributed by atoms with Crippen LogP contribution in [0.25, 0.3) is 0 Å². The molecule has 0 saturated heterocycles. The van der Waals surface area contributed by atoms with Crippen LogP contribution >= 0.6 is 0 Å². The molecule has 1 heterocycles. The Kier molecular flexibility index (Phi) is 4.33. The van der Waals surface area contributed by atoms with Gasteiger partial charge in [-0.3, -0.25) is 4.79 Å². The fraction of sp³-hybridized carbons (Fsp3) is 0.562. The topological polar surface area (TPSA) is 64.4 Å². The number of hydrogen-bond donors (Lipinski definition) is 2. The van der Waals surface area contributed by atoms with Gasteiger partial charge in [-0.15, -0.1) is 0 Å². The summed E-state index contributed by atoms with van der Waals surface area (Å²) in [7, 11) is 0. The number of ether oxygens (including phenoxy) is 1. The van der Waals surface area contributed by atoms with Crippen molar-refractivity contribution in [2.45, 2.75) is 46.1 Å². The summed E-state index contributed by atoms with van der Waals surface area (Å²) in [4.78, 5) is 12.0. The van der Waals surface area contributed by atoms with Crippen molar-refractivity contribution >= 4 is 11.6 Å². The molecule has 1 aromatic rings. The van der Waals surface area contributed by atoms with Gasteiger partial charge in [-0.25, -0.2) is 0 Å². The minimum atomic E-state index is -0.104. The van der Waals surface area contributed by atoms with Crippen molar-refractivity contribution in [2.75, 3.05) is 11.9 Å². The van der Waals surface area contributed by atoms with Crippen LogP contribution in [0, 0.1) is 5.41 Å². The van der Waals surface area contributed by atoms with Crippen molar-refractivity contribution < 1.29 is 9.53 Å². The van der Waals surface area contributed by atoms with E-state index in [4.69, 9.17) is 10.5 Å². The lowest BCUT2D eigenvalue weighted by Gasteiger charge is -2.22.